The number of aromatic nitrogens is 1. The Kier molecular flexibility index (Phi) is 2.42. The highest BCUT2D eigenvalue weighted by molar-refractivity contribution is 5.88. The molecule has 2 aromatic rings. The molecule has 0 bridgehead atoms. The lowest BCUT2D eigenvalue weighted by molar-refractivity contribution is -0.132. The highest BCUT2D eigenvalue weighted by Crippen LogP contribution is 2.51. The number of carbonyl (C=O) groups excluding carboxylic acids is 1. The van der Waals surface area contributed by atoms with E-state index < -0.39 is 0 Å². The van der Waals surface area contributed by atoms with Gasteiger partial charge < -0.3 is 9.88 Å². The molecule has 22 heavy (non-hydrogen) atoms. The number of benzene rings is 1. The first-order valence-electron chi connectivity index (χ1n) is 8.29. The lowest BCUT2D eigenvalue weighted by Crippen LogP contribution is -2.35. The number of hydrogen-bond donors (Lipinski definition) is 1. The van der Waals surface area contributed by atoms with Crippen LogP contribution in [0, 0.1) is 11.8 Å². The quantitative estimate of drug-likeness (QED) is 0.740. The minimum Gasteiger partial charge on any atom is -0.356 e. The highest BCUT2D eigenvalue weighted by Gasteiger charge is 2.51. The number of H-pyrrole nitrogens is 1. The summed E-state index contributed by atoms with van der Waals surface area (Å²) in [6.07, 6.45) is 5.24. The van der Waals surface area contributed by atoms with E-state index in [0.29, 0.717) is 11.8 Å². The van der Waals surface area contributed by atoms with E-state index >= 15 is 0 Å². The van der Waals surface area contributed by atoms with Crippen LogP contribution in [-0.2, 0) is 11.2 Å². The van der Waals surface area contributed by atoms with Crippen molar-refractivity contribution in [3.8, 4) is 0 Å². The summed E-state index contributed by atoms with van der Waals surface area (Å²) in [7, 11) is 0. The predicted molar refractivity (Wildman–Crippen MR) is 86.4 cm³/mol. The van der Waals surface area contributed by atoms with Crippen LogP contribution in [0.5, 0.6) is 0 Å². The summed E-state index contributed by atoms with van der Waals surface area (Å²) >= 11 is 0. The first kappa shape index (κ1) is 12.5. The minimum atomic E-state index is 0.200. The molecule has 1 aromatic carbocycles. The van der Waals surface area contributed by atoms with Crippen LogP contribution in [0.25, 0.3) is 10.9 Å². The monoisotopic (exact) mass is 292 g/mol. The molecule has 3 heterocycles. The van der Waals surface area contributed by atoms with Gasteiger partial charge in [0.05, 0.1) is 6.04 Å². The molecule has 0 unspecified atom stereocenters. The summed E-state index contributed by atoms with van der Waals surface area (Å²) in [5, 5.41) is 1.34. The van der Waals surface area contributed by atoms with E-state index in [1.807, 2.05) is 0 Å². The van der Waals surface area contributed by atoms with Crippen LogP contribution < -0.4 is 0 Å². The fourth-order valence-corrected chi connectivity index (χ4v) is 4.89. The van der Waals surface area contributed by atoms with Crippen molar-refractivity contribution in [2.24, 2.45) is 11.8 Å². The number of amides is 1. The molecule has 3 aliphatic rings. The van der Waals surface area contributed by atoms with E-state index in [9.17, 15) is 4.79 Å². The number of rotatable bonds is 0. The molecule has 1 N–H and O–H groups in total. The molecule has 1 fully saturated rings. The second-order valence-electron chi connectivity index (χ2n) is 7.05. The molecule has 1 aromatic heterocycles. The van der Waals surface area contributed by atoms with E-state index in [1.54, 1.807) is 0 Å². The molecule has 2 aliphatic heterocycles. The average Bonchev–Trinajstić information content (AvgIpc) is 3.03. The Morgan fingerprint density at radius 3 is 3.05 bits per heavy atom. The van der Waals surface area contributed by atoms with Crippen molar-refractivity contribution in [2.75, 3.05) is 6.54 Å². The molecule has 0 saturated carbocycles. The molecule has 0 radical (unpaired) electrons. The van der Waals surface area contributed by atoms with E-state index in [2.05, 4.69) is 47.1 Å². The summed E-state index contributed by atoms with van der Waals surface area (Å²) < 4.78 is 0. The van der Waals surface area contributed by atoms with Crippen molar-refractivity contribution in [1.29, 1.82) is 0 Å². The summed E-state index contributed by atoms with van der Waals surface area (Å²) in [5.41, 5.74) is 5.41. The third-order valence-corrected chi connectivity index (χ3v) is 5.88. The Morgan fingerprint density at radius 1 is 1.27 bits per heavy atom. The number of hydrogen-bond acceptors (Lipinski definition) is 1. The largest absolute Gasteiger partial charge is 0.356 e. The Labute approximate surface area is 130 Å². The standard InChI is InChI=1S/C19H20N2O/c1-11-6-7-14-15(10-11)18-17-13(8-9-21(18)19(14)22)12-4-2-3-5-16(12)20-17/h2-6,14-15,18,20H,7-10H2,1H3/t14-,15-,18+/m1/s1. The smallest absolute Gasteiger partial charge is 0.226 e. The zero-order valence-electron chi connectivity index (χ0n) is 12.8. The van der Waals surface area contributed by atoms with Gasteiger partial charge in [0.2, 0.25) is 5.91 Å². The van der Waals surface area contributed by atoms with Gasteiger partial charge in [0.25, 0.3) is 0 Å². The summed E-state index contributed by atoms with van der Waals surface area (Å²) in [6, 6.07) is 8.81. The zero-order chi connectivity index (χ0) is 14.8. The SMILES string of the molecule is CC1=CC[C@H]2C(=O)N3CCc4c([nH]c5ccccc45)[C@@H]3[C@@H]2C1. The fourth-order valence-electron chi connectivity index (χ4n) is 4.89. The van der Waals surface area contributed by atoms with Crippen LogP contribution in [0.15, 0.2) is 35.9 Å². The van der Waals surface area contributed by atoms with Gasteiger partial charge >= 0.3 is 0 Å². The number of fused-ring (bicyclic) bond motifs is 7. The first-order chi connectivity index (χ1) is 10.7. The number of para-hydroxylation sites is 1. The maximum atomic E-state index is 12.8. The van der Waals surface area contributed by atoms with Gasteiger partial charge in [-0.1, -0.05) is 29.8 Å². The van der Waals surface area contributed by atoms with Crippen molar-refractivity contribution >= 4 is 16.8 Å². The van der Waals surface area contributed by atoms with Gasteiger partial charge in [0.1, 0.15) is 0 Å². The Bertz CT molecular complexity index is 816. The van der Waals surface area contributed by atoms with Crippen molar-refractivity contribution in [1.82, 2.24) is 9.88 Å². The summed E-state index contributed by atoms with van der Waals surface area (Å²) in [5.74, 6) is 1.03. The Morgan fingerprint density at radius 2 is 2.14 bits per heavy atom. The molecular formula is C19H20N2O. The normalized spacial score (nSPS) is 30.0. The summed E-state index contributed by atoms with van der Waals surface area (Å²) in [4.78, 5) is 18.6. The maximum Gasteiger partial charge on any atom is 0.226 e. The average molecular weight is 292 g/mol. The topological polar surface area (TPSA) is 36.1 Å². The van der Waals surface area contributed by atoms with E-state index in [1.165, 1.54) is 27.7 Å². The molecule has 0 spiro atoms. The molecule has 5 rings (SSSR count). The fraction of sp³-hybridized carbons (Fsp3) is 0.421. The molecule has 3 atom stereocenters. The van der Waals surface area contributed by atoms with Crippen molar-refractivity contribution in [3.05, 3.63) is 47.2 Å². The van der Waals surface area contributed by atoms with Crippen molar-refractivity contribution in [3.63, 3.8) is 0 Å². The van der Waals surface area contributed by atoms with Gasteiger partial charge in [-0.2, -0.15) is 0 Å². The van der Waals surface area contributed by atoms with Gasteiger partial charge in [-0.25, -0.2) is 0 Å². The molecule has 1 saturated heterocycles. The summed E-state index contributed by atoms with van der Waals surface area (Å²) in [6.45, 7) is 3.09. The zero-order valence-corrected chi connectivity index (χ0v) is 12.8. The number of carbonyl (C=O) groups is 1. The molecule has 1 aliphatic carbocycles. The molecule has 112 valence electrons. The second-order valence-corrected chi connectivity index (χ2v) is 7.05. The molecular weight excluding hydrogens is 272 g/mol. The molecule has 3 nitrogen and oxygen atoms in total. The minimum absolute atomic E-state index is 0.200. The molecule has 1 amide bonds. The van der Waals surface area contributed by atoms with Crippen LogP contribution >= 0.6 is 0 Å². The predicted octanol–water partition coefficient (Wildman–Crippen LogP) is 3.58. The van der Waals surface area contributed by atoms with Crippen molar-refractivity contribution < 1.29 is 4.79 Å². The second kappa shape index (κ2) is 4.25. The van der Waals surface area contributed by atoms with Crippen LogP contribution in [0.4, 0.5) is 0 Å². The van der Waals surface area contributed by atoms with Crippen LogP contribution in [0.1, 0.15) is 37.1 Å². The van der Waals surface area contributed by atoms with Gasteiger partial charge in [-0.3, -0.25) is 4.79 Å². The molecule has 3 heteroatoms. The number of nitrogens with one attached hydrogen (secondary N) is 1. The first-order valence-corrected chi connectivity index (χ1v) is 8.29. The number of aromatic amines is 1. The van der Waals surface area contributed by atoms with Gasteiger partial charge in [0.15, 0.2) is 0 Å². The Balaban J connectivity index is 1.69. The van der Waals surface area contributed by atoms with Gasteiger partial charge in [-0.05, 0) is 37.8 Å². The van der Waals surface area contributed by atoms with Crippen LogP contribution in [-0.4, -0.2) is 22.3 Å². The Hall–Kier alpha value is -2.03. The van der Waals surface area contributed by atoms with Crippen molar-refractivity contribution in [2.45, 2.75) is 32.2 Å². The third-order valence-electron chi connectivity index (χ3n) is 5.88. The number of allylic oxidation sites excluding steroid dienone is 2. The lowest BCUT2D eigenvalue weighted by atomic mass is 9.77. The van der Waals surface area contributed by atoms with Crippen LogP contribution in [0.2, 0.25) is 0 Å². The third kappa shape index (κ3) is 1.49. The maximum absolute atomic E-state index is 12.8. The van der Waals surface area contributed by atoms with E-state index in [-0.39, 0.29) is 12.0 Å². The van der Waals surface area contributed by atoms with Gasteiger partial charge in [0, 0.05) is 35.0 Å². The van der Waals surface area contributed by atoms with E-state index in [4.69, 9.17) is 0 Å². The van der Waals surface area contributed by atoms with Gasteiger partial charge in [-0.15, -0.1) is 0 Å². The van der Waals surface area contributed by atoms with Crippen LogP contribution in [0.3, 0.4) is 0 Å². The highest BCUT2D eigenvalue weighted by atomic mass is 16.2. The number of nitrogens with zero attached hydrogens (tertiary/aromatic N) is 1. The van der Waals surface area contributed by atoms with E-state index in [0.717, 1.165) is 25.8 Å². The lowest BCUT2D eigenvalue weighted by Gasteiger charge is -2.33.